The standard InChI is InChI=1S/C20H20O5S/c1-14-9-11-17(12-10-14)26(23,24)13-18(16-7-5-4-6-8-16)19(15(2)21)20(22)25-3/h4-13,19H,1-3H3/b18-13+. The zero-order valence-electron chi connectivity index (χ0n) is 14.8. The zero-order valence-corrected chi connectivity index (χ0v) is 15.6. The number of carbonyl (C=O) groups is 2. The molecule has 0 spiro atoms. The van der Waals surface area contributed by atoms with E-state index in [9.17, 15) is 18.0 Å². The molecular formula is C20H20O5S. The molecule has 0 aromatic heterocycles. The van der Waals surface area contributed by atoms with Crippen molar-refractivity contribution in [1.29, 1.82) is 0 Å². The number of hydrogen-bond acceptors (Lipinski definition) is 5. The number of esters is 1. The maximum atomic E-state index is 12.8. The van der Waals surface area contributed by atoms with E-state index < -0.39 is 27.5 Å². The number of benzene rings is 2. The van der Waals surface area contributed by atoms with E-state index in [0.29, 0.717) is 5.56 Å². The molecule has 1 unspecified atom stereocenters. The van der Waals surface area contributed by atoms with Crippen molar-refractivity contribution in [2.45, 2.75) is 18.7 Å². The Morgan fingerprint density at radius 1 is 1.00 bits per heavy atom. The average Bonchev–Trinajstić information content (AvgIpc) is 2.61. The first-order valence-electron chi connectivity index (χ1n) is 7.93. The zero-order chi connectivity index (χ0) is 19.3. The Morgan fingerprint density at radius 2 is 1.58 bits per heavy atom. The van der Waals surface area contributed by atoms with Crippen LogP contribution in [0.2, 0.25) is 0 Å². The molecule has 2 rings (SSSR count). The predicted octanol–water partition coefficient (Wildman–Crippen LogP) is 3.19. The molecule has 0 aliphatic rings. The van der Waals surface area contributed by atoms with Crippen LogP contribution in [0.5, 0.6) is 0 Å². The molecule has 6 heteroatoms. The molecule has 0 saturated carbocycles. The van der Waals surface area contributed by atoms with Crippen LogP contribution in [0.15, 0.2) is 64.9 Å². The lowest BCUT2D eigenvalue weighted by atomic mass is 9.91. The number of carbonyl (C=O) groups excluding carboxylic acids is 2. The molecule has 1 atom stereocenters. The summed E-state index contributed by atoms with van der Waals surface area (Å²) >= 11 is 0. The van der Waals surface area contributed by atoms with E-state index in [1.54, 1.807) is 42.5 Å². The summed E-state index contributed by atoms with van der Waals surface area (Å²) in [7, 11) is -2.70. The first kappa shape index (κ1) is 19.6. The smallest absolute Gasteiger partial charge is 0.320 e. The van der Waals surface area contributed by atoms with Gasteiger partial charge in [0.2, 0.25) is 0 Å². The largest absolute Gasteiger partial charge is 0.468 e. The number of ether oxygens (including phenoxy) is 1. The van der Waals surface area contributed by atoms with E-state index in [1.807, 2.05) is 6.92 Å². The van der Waals surface area contributed by atoms with Crippen LogP contribution < -0.4 is 0 Å². The number of Topliss-reactive ketones (excluding diaryl/α,β-unsaturated/α-hetero) is 1. The van der Waals surface area contributed by atoms with Gasteiger partial charge < -0.3 is 4.74 Å². The second-order valence-electron chi connectivity index (χ2n) is 5.86. The fraction of sp³-hybridized carbons (Fsp3) is 0.200. The number of hydrogen-bond donors (Lipinski definition) is 0. The highest BCUT2D eigenvalue weighted by Gasteiger charge is 2.31. The maximum Gasteiger partial charge on any atom is 0.320 e. The molecule has 0 aliphatic carbocycles. The van der Waals surface area contributed by atoms with Crippen molar-refractivity contribution >= 4 is 27.2 Å². The Bertz CT molecular complexity index is 926. The minimum atomic E-state index is -3.87. The molecular weight excluding hydrogens is 352 g/mol. The lowest BCUT2D eigenvalue weighted by Crippen LogP contribution is -2.25. The minimum absolute atomic E-state index is 0.0868. The third kappa shape index (κ3) is 4.46. The summed E-state index contributed by atoms with van der Waals surface area (Å²) in [6, 6.07) is 14.8. The Hall–Kier alpha value is -2.73. The maximum absolute atomic E-state index is 12.8. The number of ketones is 1. The van der Waals surface area contributed by atoms with E-state index in [0.717, 1.165) is 18.1 Å². The number of aryl methyl sites for hydroxylation is 1. The van der Waals surface area contributed by atoms with Crippen LogP contribution in [0.4, 0.5) is 0 Å². The van der Waals surface area contributed by atoms with Crippen LogP contribution >= 0.6 is 0 Å². The van der Waals surface area contributed by atoms with Crippen LogP contribution in [-0.4, -0.2) is 27.3 Å². The third-order valence-corrected chi connectivity index (χ3v) is 5.39. The van der Waals surface area contributed by atoms with Gasteiger partial charge in [-0.1, -0.05) is 48.0 Å². The van der Waals surface area contributed by atoms with Gasteiger partial charge in [-0.15, -0.1) is 0 Å². The quantitative estimate of drug-likeness (QED) is 0.575. The van der Waals surface area contributed by atoms with E-state index in [4.69, 9.17) is 4.74 Å². The van der Waals surface area contributed by atoms with Crippen molar-refractivity contribution in [2.24, 2.45) is 5.92 Å². The van der Waals surface area contributed by atoms with Gasteiger partial charge in [0.15, 0.2) is 9.84 Å². The van der Waals surface area contributed by atoms with Gasteiger partial charge in [-0.3, -0.25) is 9.59 Å². The van der Waals surface area contributed by atoms with Crippen molar-refractivity contribution < 1.29 is 22.7 Å². The number of methoxy groups -OCH3 is 1. The second-order valence-corrected chi connectivity index (χ2v) is 7.66. The van der Waals surface area contributed by atoms with Gasteiger partial charge in [-0.05, 0) is 37.1 Å². The Morgan fingerprint density at radius 3 is 2.08 bits per heavy atom. The molecule has 2 aromatic rings. The number of rotatable bonds is 6. The van der Waals surface area contributed by atoms with Crippen LogP contribution in [0.25, 0.3) is 5.57 Å². The SMILES string of the molecule is COC(=O)C(C(C)=O)/C(=C/S(=O)(=O)c1ccc(C)cc1)c1ccccc1. The molecule has 5 nitrogen and oxygen atoms in total. The van der Waals surface area contributed by atoms with Crippen molar-refractivity contribution in [1.82, 2.24) is 0 Å². The van der Waals surface area contributed by atoms with Crippen molar-refractivity contribution in [3.63, 3.8) is 0 Å². The first-order chi connectivity index (χ1) is 12.3. The lowest BCUT2D eigenvalue weighted by Gasteiger charge is -2.16. The molecule has 0 fully saturated rings. The summed E-state index contributed by atoms with van der Waals surface area (Å²) in [5.74, 6) is -2.61. The van der Waals surface area contributed by atoms with Gasteiger partial charge >= 0.3 is 5.97 Å². The predicted molar refractivity (Wildman–Crippen MR) is 99.0 cm³/mol. The highest BCUT2D eigenvalue weighted by atomic mass is 32.2. The summed E-state index contributed by atoms with van der Waals surface area (Å²) < 4.78 is 30.4. The molecule has 0 N–H and O–H groups in total. The summed E-state index contributed by atoms with van der Waals surface area (Å²) in [5.41, 5.74) is 1.48. The van der Waals surface area contributed by atoms with Gasteiger partial charge in [0.05, 0.1) is 12.0 Å². The van der Waals surface area contributed by atoms with Gasteiger partial charge in [0.25, 0.3) is 0 Å². The Balaban J connectivity index is 2.67. The minimum Gasteiger partial charge on any atom is -0.468 e. The van der Waals surface area contributed by atoms with E-state index in [1.165, 1.54) is 19.1 Å². The van der Waals surface area contributed by atoms with Crippen LogP contribution in [-0.2, 0) is 24.2 Å². The van der Waals surface area contributed by atoms with E-state index in [-0.39, 0.29) is 10.5 Å². The topological polar surface area (TPSA) is 77.5 Å². The van der Waals surface area contributed by atoms with Crippen LogP contribution in [0, 0.1) is 12.8 Å². The molecule has 136 valence electrons. The van der Waals surface area contributed by atoms with E-state index >= 15 is 0 Å². The normalized spacial score (nSPS) is 13.1. The van der Waals surface area contributed by atoms with Crippen molar-refractivity contribution in [3.05, 3.63) is 71.1 Å². The van der Waals surface area contributed by atoms with Crippen molar-refractivity contribution in [2.75, 3.05) is 7.11 Å². The van der Waals surface area contributed by atoms with E-state index in [2.05, 4.69) is 0 Å². The molecule has 2 aromatic carbocycles. The molecule has 26 heavy (non-hydrogen) atoms. The highest BCUT2D eigenvalue weighted by Crippen LogP contribution is 2.28. The fourth-order valence-electron chi connectivity index (χ4n) is 2.53. The fourth-order valence-corrected chi connectivity index (χ4v) is 3.78. The summed E-state index contributed by atoms with van der Waals surface area (Å²) in [5, 5.41) is 0.982. The molecule has 0 heterocycles. The van der Waals surface area contributed by atoms with Gasteiger partial charge in [-0.2, -0.15) is 0 Å². The Kier molecular flexibility index (Phi) is 6.10. The van der Waals surface area contributed by atoms with Crippen molar-refractivity contribution in [3.8, 4) is 0 Å². The summed E-state index contributed by atoms with van der Waals surface area (Å²) in [6.07, 6.45) is 0. The van der Waals surface area contributed by atoms with Crippen LogP contribution in [0.3, 0.4) is 0 Å². The van der Waals surface area contributed by atoms with Gasteiger partial charge in [-0.25, -0.2) is 8.42 Å². The van der Waals surface area contributed by atoms with Gasteiger partial charge in [0.1, 0.15) is 11.7 Å². The summed E-state index contributed by atoms with van der Waals surface area (Å²) in [4.78, 5) is 24.3. The molecule has 0 amide bonds. The highest BCUT2D eigenvalue weighted by molar-refractivity contribution is 7.94. The number of sulfone groups is 1. The molecule has 0 aliphatic heterocycles. The van der Waals surface area contributed by atoms with Crippen LogP contribution in [0.1, 0.15) is 18.1 Å². The average molecular weight is 372 g/mol. The third-order valence-electron chi connectivity index (χ3n) is 3.89. The van der Waals surface area contributed by atoms with Gasteiger partial charge in [0, 0.05) is 5.41 Å². The molecule has 0 saturated heterocycles. The monoisotopic (exact) mass is 372 g/mol. The first-order valence-corrected chi connectivity index (χ1v) is 9.48. The second kappa shape index (κ2) is 8.10. The molecule has 0 radical (unpaired) electrons. The lowest BCUT2D eigenvalue weighted by molar-refractivity contribution is -0.146. The molecule has 0 bridgehead atoms. The Labute approximate surface area is 153 Å². The summed E-state index contributed by atoms with van der Waals surface area (Å²) in [6.45, 7) is 3.08.